The van der Waals surface area contributed by atoms with E-state index < -0.39 is 0 Å². The third-order valence-corrected chi connectivity index (χ3v) is 8.71. The highest BCUT2D eigenvalue weighted by Gasteiger charge is 2.14. The van der Waals surface area contributed by atoms with Crippen molar-refractivity contribution in [1.29, 1.82) is 0 Å². The Kier molecular flexibility index (Phi) is 12.9. The van der Waals surface area contributed by atoms with E-state index in [1.165, 1.54) is 122 Å². The summed E-state index contributed by atoms with van der Waals surface area (Å²) in [6.45, 7) is 2.30. The van der Waals surface area contributed by atoms with Crippen molar-refractivity contribution in [2.75, 3.05) is 33.1 Å². The first-order valence-electron chi connectivity index (χ1n) is 15.0. The number of aromatic nitrogens is 1. The molecule has 1 aliphatic heterocycles. The summed E-state index contributed by atoms with van der Waals surface area (Å²) in [4.78, 5) is 8.46. The van der Waals surface area contributed by atoms with Crippen LogP contribution in [0.15, 0.2) is 30.3 Å². The lowest BCUT2D eigenvalue weighted by Gasteiger charge is -2.14. The number of hydrogen-bond donors (Lipinski definition) is 0. The number of nitrogens with zero attached hydrogens (tertiary/aromatic N) is 3. The van der Waals surface area contributed by atoms with Crippen molar-refractivity contribution in [3.05, 3.63) is 41.3 Å². The van der Waals surface area contributed by atoms with E-state index in [4.69, 9.17) is 4.98 Å². The molecule has 0 radical (unpaired) electrons. The van der Waals surface area contributed by atoms with Crippen LogP contribution in [0.3, 0.4) is 0 Å². The van der Waals surface area contributed by atoms with Crippen molar-refractivity contribution in [1.82, 2.24) is 9.56 Å². The number of rotatable bonds is 17. The van der Waals surface area contributed by atoms with Crippen LogP contribution in [0, 0.1) is 0 Å². The SMILES string of the molecule is CCCCCCCCCCCCCCCCCc1cc2nc3ccc(N(C)C)cc3sc-2cc1=[N+](C)C. The summed E-state index contributed by atoms with van der Waals surface area (Å²) in [7, 11) is 8.52. The van der Waals surface area contributed by atoms with Crippen LogP contribution in [0.5, 0.6) is 0 Å². The topological polar surface area (TPSA) is 19.1 Å². The lowest BCUT2D eigenvalue weighted by atomic mass is 10.0. The van der Waals surface area contributed by atoms with Gasteiger partial charge in [0.1, 0.15) is 14.1 Å². The largest absolute Gasteiger partial charge is 0.378 e. The first-order valence-corrected chi connectivity index (χ1v) is 15.9. The highest BCUT2D eigenvalue weighted by Crippen LogP contribution is 2.32. The van der Waals surface area contributed by atoms with Gasteiger partial charge in [0.2, 0.25) is 5.36 Å². The first kappa shape index (κ1) is 29.6. The maximum absolute atomic E-state index is 5.03. The molecule has 0 saturated carbocycles. The molecule has 3 rings (SSSR count). The molecule has 1 aromatic carbocycles. The Morgan fingerprint density at radius 3 is 1.84 bits per heavy atom. The van der Waals surface area contributed by atoms with Gasteiger partial charge in [0.05, 0.1) is 20.8 Å². The maximum Gasteiger partial charge on any atom is 0.204 e. The number of hydrogen-bond acceptors (Lipinski definition) is 3. The fourth-order valence-electron chi connectivity index (χ4n) is 5.28. The van der Waals surface area contributed by atoms with E-state index in [2.05, 4.69) is 74.9 Å². The summed E-state index contributed by atoms with van der Waals surface area (Å²) < 4.78 is 3.52. The zero-order chi connectivity index (χ0) is 26.5. The van der Waals surface area contributed by atoms with Gasteiger partial charge in [0.25, 0.3) is 0 Å². The van der Waals surface area contributed by atoms with Gasteiger partial charge >= 0.3 is 0 Å². The second kappa shape index (κ2) is 16.1. The Hall–Kier alpha value is -1.94. The summed E-state index contributed by atoms with van der Waals surface area (Å²) >= 11 is 1.86. The summed E-state index contributed by atoms with van der Waals surface area (Å²) in [6.07, 6.45) is 22.3. The van der Waals surface area contributed by atoms with Crippen molar-refractivity contribution >= 4 is 27.2 Å². The molecule has 0 N–H and O–H groups in total. The molecular formula is C33H52N3S+. The average Bonchev–Trinajstić information content (AvgIpc) is 2.88. The normalized spacial score (nSPS) is 11.5. The van der Waals surface area contributed by atoms with Crippen molar-refractivity contribution in [2.45, 2.75) is 110 Å². The van der Waals surface area contributed by atoms with Crippen LogP contribution in [-0.4, -0.2) is 33.2 Å². The predicted molar refractivity (Wildman–Crippen MR) is 166 cm³/mol. The van der Waals surface area contributed by atoms with Crippen molar-refractivity contribution in [3.63, 3.8) is 0 Å². The zero-order valence-electron chi connectivity index (χ0n) is 24.5. The molecule has 204 valence electrons. The van der Waals surface area contributed by atoms with Gasteiger partial charge in [0.15, 0.2) is 0 Å². The Labute approximate surface area is 231 Å². The van der Waals surface area contributed by atoms with Crippen LogP contribution in [0.2, 0.25) is 0 Å². The molecule has 3 nitrogen and oxygen atoms in total. The number of anilines is 1. The Morgan fingerprint density at radius 2 is 1.30 bits per heavy atom. The molecule has 4 heteroatoms. The van der Waals surface area contributed by atoms with Gasteiger partial charge < -0.3 is 4.90 Å². The van der Waals surface area contributed by atoms with Gasteiger partial charge in [-0.25, -0.2) is 9.56 Å². The van der Waals surface area contributed by atoms with Crippen molar-refractivity contribution in [2.24, 2.45) is 0 Å². The fourth-order valence-corrected chi connectivity index (χ4v) is 6.29. The van der Waals surface area contributed by atoms with Crippen LogP contribution in [0.1, 0.15) is 109 Å². The first-order chi connectivity index (χ1) is 18.0. The summed E-state index contributed by atoms with van der Waals surface area (Å²) in [6, 6.07) is 11.3. The summed E-state index contributed by atoms with van der Waals surface area (Å²) in [5, 5.41) is 1.35. The molecule has 37 heavy (non-hydrogen) atoms. The second-order valence-electron chi connectivity index (χ2n) is 11.3. The zero-order valence-corrected chi connectivity index (χ0v) is 25.3. The van der Waals surface area contributed by atoms with E-state index in [1.54, 1.807) is 0 Å². The van der Waals surface area contributed by atoms with Gasteiger partial charge in [-0.15, -0.1) is 11.3 Å². The maximum atomic E-state index is 5.03. The van der Waals surface area contributed by atoms with E-state index >= 15 is 0 Å². The van der Waals surface area contributed by atoms with Gasteiger partial charge in [-0.1, -0.05) is 96.8 Å². The fraction of sp³-hybridized carbons (Fsp3) is 0.636. The van der Waals surface area contributed by atoms with Crippen molar-refractivity contribution in [3.8, 4) is 10.6 Å². The van der Waals surface area contributed by atoms with Crippen LogP contribution in [0.25, 0.3) is 20.8 Å². The van der Waals surface area contributed by atoms with Crippen molar-refractivity contribution < 1.29 is 0 Å². The molecular weight excluding hydrogens is 470 g/mol. The Morgan fingerprint density at radius 1 is 0.730 bits per heavy atom. The standard InChI is InChI=1S/C33H52N3S/c1-6-7-8-9-10-11-12-13-14-15-16-17-18-19-20-21-27-24-30-33(26-31(27)36(4)5)37-32-25-28(35(2)3)22-23-29(32)34-30/h22-26H,6-21H2,1-5H3/q+1. The van der Waals surface area contributed by atoms with Gasteiger partial charge in [0, 0.05) is 31.4 Å². The van der Waals surface area contributed by atoms with E-state index in [0.717, 1.165) is 17.6 Å². The molecule has 1 heterocycles. The molecule has 2 aliphatic rings. The third kappa shape index (κ3) is 9.71. The molecule has 0 spiro atoms. The van der Waals surface area contributed by atoms with Crippen LogP contribution < -0.4 is 14.8 Å². The van der Waals surface area contributed by atoms with E-state index in [0.29, 0.717) is 0 Å². The number of aryl methyl sites for hydroxylation is 1. The van der Waals surface area contributed by atoms with Crippen LogP contribution in [-0.2, 0) is 6.42 Å². The lowest BCUT2D eigenvalue weighted by molar-refractivity contribution is 0.532. The molecule has 0 bridgehead atoms. The smallest absolute Gasteiger partial charge is 0.204 e. The monoisotopic (exact) mass is 522 g/mol. The molecule has 0 unspecified atom stereocenters. The molecule has 0 amide bonds. The number of benzene rings is 2. The molecule has 1 aromatic rings. The number of unbranched alkanes of at least 4 members (excludes halogenated alkanes) is 14. The van der Waals surface area contributed by atoms with E-state index in [1.807, 2.05) is 11.3 Å². The summed E-state index contributed by atoms with van der Waals surface area (Å²) in [5.41, 5.74) is 4.90. The highest BCUT2D eigenvalue weighted by atomic mass is 32.1. The van der Waals surface area contributed by atoms with E-state index in [-0.39, 0.29) is 0 Å². The third-order valence-electron chi connectivity index (χ3n) is 7.61. The van der Waals surface area contributed by atoms with Gasteiger partial charge in [-0.3, -0.25) is 0 Å². The van der Waals surface area contributed by atoms with E-state index in [9.17, 15) is 0 Å². The lowest BCUT2D eigenvalue weighted by Crippen LogP contribution is -2.26. The average molecular weight is 523 g/mol. The Balaban J connectivity index is 1.42. The Bertz CT molecular complexity index is 1110. The predicted octanol–water partition coefficient (Wildman–Crippen LogP) is 8.91. The molecule has 0 atom stereocenters. The minimum atomic E-state index is 1.10. The minimum absolute atomic E-state index is 1.10. The molecule has 0 fully saturated rings. The number of fused-ring (bicyclic) bond motifs is 2. The molecule has 1 aliphatic carbocycles. The van der Waals surface area contributed by atoms with Gasteiger partial charge in [-0.05, 0) is 37.1 Å². The quantitative estimate of drug-likeness (QED) is 0.100. The van der Waals surface area contributed by atoms with Gasteiger partial charge in [-0.2, -0.15) is 0 Å². The highest BCUT2D eigenvalue weighted by molar-refractivity contribution is 7.21. The molecule has 0 saturated heterocycles. The summed E-state index contributed by atoms with van der Waals surface area (Å²) in [5.74, 6) is 0. The molecule has 0 aromatic heterocycles. The van der Waals surface area contributed by atoms with Crippen LogP contribution >= 0.6 is 11.3 Å². The van der Waals surface area contributed by atoms with Crippen LogP contribution in [0.4, 0.5) is 5.69 Å². The second-order valence-corrected chi connectivity index (χ2v) is 12.4. The minimum Gasteiger partial charge on any atom is -0.378 e.